The van der Waals surface area contributed by atoms with Crippen LogP contribution in [0, 0.1) is 0 Å². The van der Waals surface area contributed by atoms with Crippen molar-refractivity contribution in [3.05, 3.63) is 59.8 Å². The molecule has 29 heavy (non-hydrogen) atoms. The van der Waals surface area contributed by atoms with Gasteiger partial charge in [-0.1, -0.05) is 44.0 Å². The van der Waals surface area contributed by atoms with Crippen LogP contribution in [-0.4, -0.2) is 31.7 Å². The normalized spacial score (nSPS) is 12.0. The molecule has 3 rings (SSSR count). The first-order chi connectivity index (χ1) is 14.2. The predicted octanol–water partition coefficient (Wildman–Crippen LogP) is 5.01. The van der Waals surface area contributed by atoms with Crippen molar-refractivity contribution in [3.8, 4) is 11.5 Å². The van der Waals surface area contributed by atoms with Gasteiger partial charge in [-0.15, -0.1) is 0 Å². The van der Waals surface area contributed by atoms with E-state index in [9.17, 15) is 4.79 Å². The molecule has 154 valence electrons. The van der Waals surface area contributed by atoms with Crippen LogP contribution < -0.4 is 14.8 Å². The van der Waals surface area contributed by atoms with Crippen molar-refractivity contribution in [1.29, 1.82) is 0 Å². The fourth-order valence-electron chi connectivity index (χ4n) is 3.74. The van der Waals surface area contributed by atoms with E-state index < -0.39 is 0 Å². The third-order valence-electron chi connectivity index (χ3n) is 5.30. The number of hydrogen-bond acceptors (Lipinski definition) is 3. The molecule has 1 aromatic heterocycles. The summed E-state index contributed by atoms with van der Waals surface area (Å²) in [6.45, 7) is 2.87. The monoisotopic (exact) mass is 394 g/mol. The number of para-hydroxylation sites is 1. The zero-order valence-corrected chi connectivity index (χ0v) is 17.5. The number of benzene rings is 2. The van der Waals surface area contributed by atoms with Crippen LogP contribution in [0.15, 0.2) is 48.7 Å². The second-order valence-corrected chi connectivity index (χ2v) is 7.21. The SMILES string of the molecule is CCCCCNC(=O)C[C@H](c1ccc(OC)cc1OC)c1c[nH]c2ccccc12. The summed E-state index contributed by atoms with van der Waals surface area (Å²) in [4.78, 5) is 16.1. The van der Waals surface area contributed by atoms with E-state index in [1.54, 1.807) is 14.2 Å². The van der Waals surface area contributed by atoms with E-state index in [0.29, 0.717) is 13.0 Å². The number of methoxy groups -OCH3 is 2. The standard InChI is InChI=1S/C24H30N2O3/c1-4-5-8-13-25-24(27)15-20(19-12-11-17(28-2)14-23(19)29-3)21-16-26-22-10-7-6-9-18(21)22/h6-7,9-12,14,16,20,26H,4-5,8,13,15H2,1-3H3,(H,25,27)/t20-/m1/s1. The molecule has 1 amide bonds. The zero-order chi connectivity index (χ0) is 20.6. The van der Waals surface area contributed by atoms with Gasteiger partial charge in [0.15, 0.2) is 0 Å². The molecule has 0 unspecified atom stereocenters. The molecule has 5 heteroatoms. The lowest BCUT2D eigenvalue weighted by Crippen LogP contribution is -2.26. The molecule has 3 aromatic rings. The Labute approximate surface area is 172 Å². The van der Waals surface area contributed by atoms with Gasteiger partial charge in [-0.25, -0.2) is 0 Å². The topological polar surface area (TPSA) is 63.4 Å². The van der Waals surface area contributed by atoms with Crippen LogP contribution in [0.2, 0.25) is 0 Å². The molecule has 0 aliphatic carbocycles. The Hall–Kier alpha value is -2.95. The summed E-state index contributed by atoms with van der Waals surface area (Å²) in [7, 11) is 3.28. The van der Waals surface area contributed by atoms with Crippen molar-refractivity contribution >= 4 is 16.8 Å². The highest BCUT2D eigenvalue weighted by atomic mass is 16.5. The van der Waals surface area contributed by atoms with Crippen molar-refractivity contribution in [1.82, 2.24) is 10.3 Å². The van der Waals surface area contributed by atoms with Crippen LogP contribution >= 0.6 is 0 Å². The Morgan fingerprint density at radius 3 is 2.66 bits per heavy atom. The molecule has 1 atom stereocenters. The first-order valence-electron chi connectivity index (χ1n) is 10.2. The summed E-state index contributed by atoms with van der Waals surface area (Å²) in [5.41, 5.74) is 3.12. The van der Waals surface area contributed by atoms with Crippen LogP contribution in [-0.2, 0) is 4.79 Å². The fourth-order valence-corrected chi connectivity index (χ4v) is 3.74. The van der Waals surface area contributed by atoms with Gasteiger partial charge in [0.2, 0.25) is 5.91 Å². The molecule has 5 nitrogen and oxygen atoms in total. The van der Waals surface area contributed by atoms with Crippen molar-refractivity contribution < 1.29 is 14.3 Å². The first kappa shape index (κ1) is 20.8. The number of hydrogen-bond donors (Lipinski definition) is 2. The highest BCUT2D eigenvalue weighted by molar-refractivity contribution is 5.86. The highest BCUT2D eigenvalue weighted by Gasteiger charge is 2.24. The molecule has 0 bridgehead atoms. The maximum absolute atomic E-state index is 12.8. The first-order valence-corrected chi connectivity index (χ1v) is 10.2. The molecule has 0 spiro atoms. The lowest BCUT2D eigenvalue weighted by Gasteiger charge is -2.20. The largest absolute Gasteiger partial charge is 0.497 e. The minimum absolute atomic E-state index is 0.0502. The zero-order valence-electron chi connectivity index (χ0n) is 17.5. The molecular formula is C24H30N2O3. The van der Waals surface area contributed by atoms with E-state index in [1.165, 1.54) is 0 Å². The minimum atomic E-state index is -0.127. The lowest BCUT2D eigenvalue weighted by atomic mass is 9.87. The van der Waals surface area contributed by atoms with Gasteiger partial charge in [-0.05, 0) is 24.1 Å². The van der Waals surface area contributed by atoms with Crippen molar-refractivity contribution in [2.45, 2.75) is 38.5 Å². The average molecular weight is 395 g/mol. The Kier molecular flexibility index (Phi) is 7.17. The molecule has 0 aliphatic heterocycles. The number of unbranched alkanes of at least 4 members (excludes halogenated alkanes) is 2. The van der Waals surface area contributed by atoms with Gasteiger partial charge in [0.25, 0.3) is 0 Å². The van der Waals surface area contributed by atoms with Crippen LogP contribution in [0.4, 0.5) is 0 Å². The fraction of sp³-hybridized carbons (Fsp3) is 0.375. The number of H-pyrrole nitrogens is 1. The number of aromatic amines is 1. The summed E-state index contributed by atoms with van der Waals surface area (Å²) < 4.78 is 11.0. The Bertz CT molecular complexity index is 948. The Balaban J connectivity index is 1.95. The quantitative estimate of drug-likeness (QED) is 0.475. The molecule has 2 N–H and O–H groups in total. The highest BCUT2D eigenvalue weighted by Crippen LogP contribution is 2.39. The number of carbonyl (C=O) groups excluding carboxylic acids is 1. The molecule has 0 saturated carbocycles. The van der Waals surface area contributed by atoms with E-state index in [-0.39, 0.29) is 11.8 Å². The van der Waals surface area contributed by atoms with Crippen LogP contribution in [0.5, 0.6) is 11.5 Å². The van der Waals surface area contributed by atoms with E-state index in [4.69, 9.17) is 9.47 Å². The van der Waals surface area contributed by atoms with Gasteiger partial charge >= 0.3 is 0 Å². The predicted molar refractivity (Wildman–Crippen MR) is 117 cm³/mol. The number of nitrogens with one attached hydrogen (secondary N) is 2. The van der Waals surface area contributed by atoms with Crippen LogP contribution in [0.3, 0.4) is 0 Å². The summed E-state index contributed by atoms with van der Waals surface area (Å²) >= 11 is 0. The van der Waals surface area contributed by atoms with Crippen molar-refractivity contribution in [2.75, 3.05) is 20.8 Å². The van der Waals surface area contributed by atoms with Crippen LogP contribution in [0.1, 0.15) is 49.7 Å². The van der Waals surface area contributed by atoms with Gasteiger partial charge in [0, 0.05) is 47.6 Å². The smallest absolute Gasteiger partial charge is 0.220 e. The maximum atomic E-state index is 12.8. The van der Waals surface area contributed by atoms with Gasteiger partial charge in [0.1, 0.15) is 11.5 Å². The number of fused-ring (bicyclic) bond motifs is 1. The molecule has 2 aromatic carbocycles. The summed E-state index contributed by atoms with van der Waals surface area (Å²) in [5, 5.41) is 4.19. The summed E-state index contributed by atoms with van der Waals surface area (Å²) in [6, 6.07) is 13.9. The Morgan fingerprint density at radius 2 is 1.90 bits per heavy atom. The number of carbonyl (C=O) groups is 1. The van der Waals surface area contributed by atoms with Crippen molar-refractivity contribution in [2.24, 2.45) is 0 Å². The third-order valence-corrected chi connectivity index (χ3v) is 5.30. The van der Waals surface area contributed by atoms with Gasteiger partial charge < -0.3 is 19.8 Å². The van der Waals surface area contributed by atoms with Crippen molar-refractivity contribution in [3.63, 3.8) is 0 Å². The minimum Gasteiger partial charge on any atom is -0.497 e. The average Bonchev–Trinajstić information content (AvgIpc) is 3.18. The second kappa shape index (κ2) is 10.0. The number of amides is 1. The lowest BCUT2D eigenvalue weighted by molar-refractivity contribution is -0.121. The Morgan fingerprint density at radius 1 is 1.07 bits per heavy atom. The van der Waals surface area contributed by atoms with E-state index in [1.807, 2.05) is 42.6 Å². The van der Waals surface area contributed by atoms with E-state index in [2.05, 4.69) is 23.3 Å². The number of ether oxygens (including phenoxy) is 2. The second-order valence-electron chi connectivity index (χ2n) is 7.21. The maximum Gasteiger partial charge on any atom is 0.220 e. The van der Waals surface area contributed by atoms with Gasteiger partial charge in [0.05, 0.1) is 14.2 Å². The van der Waals surface area contributed by atoms with Crippen LogP contribution in [0.25, 0.3) is 10.9 Å². The molecular weight excluding hydrogens is 364 g/mol. The summed E-state index contributed by atoms with van der Waals surface area (Å²) in [6.07, 6.45) is 5.63. The van der Waals surface area contributed by atoms with Gasteiger partial charge in [-0.3, -0.25) is 4.79 Å². The molecule has 1 heterocycles. The summed E-state index contributed by atoms with van der Waals surface area (Å²) in [5.74, 6) is 1.37. The third kappa shape index (κ3) is 4.91. The van der Waals surface area contributed by atoms with E-state index >= 15 is 0 Å². The molecule has 0 radical (unpaired) electrons. The number of rotatable bonds is 10. The molecule has 0 fully saturated rings. The number of aromatic nitrogens is 1. The molecule has 0 saturated heterocycles. The van der Waals surface area contributed by atoms with E-state index in [0.717, 1.165) is 52.8 Å². The van der Waals surface area contributed by atoms with Gasteiger partial charge in [-0.2, -0.15) is 0 Å². The molecule has 0 aliphatic rings.